The minimum atomic E-state index is -0.904. The molecule has 0 aliphatic carbocycles. The molecule has 0 aliphatic rings. The van der Waals surface area contributed by atoms with Crippen molar-refractivity contribution in [2.24, 2.45) is 11.5 Å². The maximum atomic E-state index is 10.6. The Balaban J connectivity index is 3.84. The van der Waals surface area contributed by atoms with Gasteiger partial charge in [0.2, 0.25) is 0 Å². The fourth-order valence-corrected chi connectivity index (χ4v) is 1.78. The standard InChI is InChI=1S/C12H26N4O5/c13-1-3-15(9-11(17)18)5-7-21-8-6-16(4-2-14)10-12(19)20/h1-10,13-14H2,(H,17,18)(H,19,20). The van der Waals surface area contributed by atoms with Gasteiger partial charge in [-0.3, -0.25) is 19.4 Å². The van der Waals surface area contributed by atoms with Crippen LogP contribution >= 0.6 is 0 Å². The molecule has 0 saturated carbocycles. The van der Waals surface area contributed by atoms with E-state index in [4.69, 9.17) is 26.4 Å². The summed E-state index contributed by atoms with van der Waals surface area (Å²) < 4.78 is 5.40. The molecule has 0 bridgehead atoms. The Morgan fingerprint density at radius 3 is 1.48 bits per heavy atom. The van der Waals surface area contributed by atoms with Crippen LogP contribution < -0.4 is 11.5 Å². The number of carboxylic acid groups (broad SMARTS) is 2. The van der Waals surface area contributed by atoms with E-state index in [1.54, 1.807) is 9.80 Å². The molecule has 9 heteroatoms. The van der Waals surface area contributed by atoms with Crippen molar-refractivity contribution in [3.63, 3.8) is 0 Å². The number of carboxylic acids is 2. The number of ether oxygens (including phenoxy) is 1. The molecule has 0 spiro atoms. The van der Waals surface area contributed by atoms with E-state index in [0.29, 0.717) is 52.5 Å². The third kappa shape index (κ3) is 12.2. The molecule has 0 rings (SSSR count). The lowest BCUT2D eigenvalue weighted by atomic mass is 10.4. The molecule has 0 aromatic carbocycles. The fourth-order valence-electron chi connectivity index (χ4n) is 1.78. The SMILES string of the molecule is NCCN(CCOCCN(CCN)CC(=O)O)CC(=O)O. The highest BCUT2D eigenvalue weighted by molar-refractivity contribution is 5.69. The number of carbonyl (C=O) groups is 2. The summed E-state index contributed by atoms with van der Waals surface area (Å²) in [6.45, 7) is 3.30. The molecule has 9 nitrogen and oxygen atoms in total. The van der Waals surface area contributed by atoms with Crippen molar-refractivity contribution in [1.29, 1.82) is 0 Å². The van der Waals surface area contributed by atoms with Gasteiger partial charge < -0.3 is 26.4 Å². The van der Waals surface area contributed by atoms with Crippen LogP contribution in [-0.4, -0.2) is 97.5 Å². The number of aliphatic carboxylic acids is 2. The maximum absolute atomic E-state index is 10.6. The fraction of sp³-hybridized carbons (Fsp3) is 0.833. The Hall–Kier alpha value is -1.26. The van der Waals surface area contributed by atoms with Crippen molar-refractivity contribution in [3.05, 3.63) is 0 Å². The lowest BCUT2D eigenvalue weighted by molar-refractivity contribution is -0.139. The summed E-state index contributed by atoms with van der Waals surface area (Å²) in [6.07, 6.45) is 0. The molecule has 0 radical (unpaired) electrons. The molecule has 0 unspecified atom stereocenters. The van der Waals surface area contributed by atoms with Crippen LogP contribution in [0.4, 0.5) is 0 Å². The van der Waals surface area contributed by atoms with Gasteiger partial charge in [0.05, 0.1) is 26.3 Å². The number of nitrogens with zero attached hydrogens (tertiary/aromatic N) is 2. The van der Waals surface area contributed by atoms with Crippen molar-refractivity contribution in [2.75, 3.05) is 65.6 Å². The molecular formula is C12H26N4O5. The third-order valence-corrected chi connectivity index (χ3v) is 2.71. The summed E-state index contributed by atoms with van der Waals surface area (Å²) in [7, 11) is 0. The highest BCUT2D eigenvalue weighted by atomic mass is 16.5. The second-order valence-electron chi connectivity index (χ2n) is 4.53. The van der Waals surface area contributed by atoms with Crippen molar-refractivity contribution in [2.45, 2.75) is 0 Å². The normalized spacial score (nSPS) is 11.2. The number of hydrogen-bond donors (Lipinski definition) is 4. The van der Waals surface area contributed by atoms with E-state index in [0.717, 1.165) is 0 Å². The van der Waals surface area contributed by atoms with Crippen molar-refractivity contribution < 1.29 is 24.5 Å². The Morgan fingerprint density at radius 2 is 1.19 bits per heavy atom. The molecule has 0 aliphatic heterocycles. The first kappa shape index (κ1) is 19.7. The highest BCUT2D eigenvalue weighted by Gasteiger charge is 2.10. The molecular weight excluding hydrogens is 280 g/mol. The maximum Gasteiger partial charge on any atom is 0.317 e. The zero-order chi connectivity index (χ0) is 16.1. The second kappa shape index (κ2) is 12.5. The van der Waals surface area contributed by atoms with E-state index < -0.39 is 11.9 Å². The van der Waals surface area contributed by atoms with E-state index in [9.17, 15) is 9.59 Å². The van der Waals surface area contributed by atoms with Crippen LogP contribution in [0.25, 0.3) is 0 Å². The largest absolute Gasteiger partial charge is 0.480 e. The van der Waals surface area contributed by atoms with Gasteiger partial charge >= 0.3 is 11.9 Å². The quantitative estimate of drug-likeness (QED) is 0.260. The summed E-state index contributed by atoms with van der Waals surface area (Å²) >= 11 is 0. The number of rotatable bonds is 14. The Morgan fingerprint density at radius 1 is 0.810 bits per heavy atom. The molecule has 0 saturated heterocycles. The van der Waals surface area contributed by atoms with Gasteiger partial charge in [-0.1, -0.05) is 0 Å². The minimum absolute atomic E-state index is 0.0706. The van der Waals surface area contributed by atoms with Crippen LogP contribution in [0.15, 0.2) is 0 Å². The highest BCUT2D eigenvalue weighted by Crippen LogP contribution is 1.91. The predicted octanol–water partition coefficient (Wildman–Crippen LogP) is -2.31. The van der Waals surface area contributed by atoms with E-state index in [-0.39, 0.29) is 13.1 Å². The summed E-state index contributed by atoms with van der Waals surface area (Å²) in [5.41, 5.74) is 10.8. The Bertz CT molecular complexity index is 275. The lowest BCUT2D eigenvalue weighted by Gasteiger charge is -2.21. The monoisotopic (exact) mass is 306 g/mol. The molecule has 0 amide bonds. The van der Waals surface area contributed by atoms with Crippen molar-refractivity contribution in [3.8, 4) is 0 Å². The zero-order valence-corrected chi connectivity index (χ0v) is 12.2. The molecule has 0 aromatic rings. The summed E-state index contributed by atoms with van der Waals surface area (Å²) in [4.78, 5) is 24.7. The van der Waals surface area contributed by atoms with Crippen LogP contribution in [0.2, 0.25) is 0 Å². The van der Waals surface area contributed by atoms with E-state index in [2.05, 4.69) is 0 Å². The van der Waals surface area contributed by atoms with Gasteiger partial charge in [0.1, 0.15) is 0 Å². The lowest BCUT2D eigenvalue weighted by Crippen LogP contribution is -2.38. The topological polar surface area (TPSA) is 142 Å². The zero-order valence-electron chi connectivity index (χ0n) is 12.2. The second-order valence-corrected chi connectivity index (χ2v) is 4.53. The van der Waals surface area contributed by atoms with E-state index in [1.165, 1.54) is 0 Å². The first-order valence-corrected chi connectivity index (χ1v) is 6.85. The average Bonchev–Trinajstić information content (AvgIpc) is 2.37. The van der Waals surface area contributed by atoms with Gasteiger partial charge in [0.15, 0.2) is 0 Å². The van der Waals surface area contributed by atoms with Crippen LogP contribution in [0.5, 0.6) is 0 Å². The van der Waals surface area contributed by atoms with Crippen molar-refractivity contribution >= 4 is 11.9 Å². The van der Waals surface area contributed by atoms with Gasteiger partial charge in [-0.05, 0) is 0 Å². The first-order valence-electron chi connectivity index (χ1n) is 6.85. The van der Waals surface area contributed by atoms with Crippen LogP contribution in [0.1, 0.15) is 0 Å². The molecule has 0 aromatic heterocycles. The van der Waals surface area contributed by atoms with E-state index in [1.807, 2.05) is 0 Å². The Kier molecular flexibility index (Phi) is 11.7. The number of hydrogen-bond acceptors (Lipinski definition) is 7. The molecule has 0 fully saturated rings. The Labute approximate surface area is 124 Å². The van der Waals surface area contributed by atoms with Crippen LogP contribution in [0.3, 0.4) is 0 Å². The van der Waals surface area contributed by atoms with Gasteiger partial charge in [0.25, 0.3) is 0 Å². The summed E-state index contributed by atoms with van der Waals surface area (Å²) in [5, 5.41) is 17.5. The van der Waals surface area contributed by atoms with Gasteiger partial charge in [-0.15, -0.1) is 0 Å². The van der Waals surface area contributed by atoms with Gasteiger partial charge in [0, 0.05) is 39.3 Å². The van der Waals surface area contributed by atoms with Crippen LogP contribution in [-0.2, 0) is 14.3 Å². The molecule has 0 heterocycles. The van der Waals surface area contributed by atoms with Gasteiger partial charge in [-0.25, -0.2) is 0 Å². The average molecular weight is 306 g/mol. The van der Waals surface area contributed by atoms with Crippen LogP contribution in [0, 0.1) is 0 Å². The van der Waals surface area contributed by atoms with Gasteiger partial charge in [-0.2, -0.15) is 0 Å². The predicted molar refractivity (Wildman–Crippen MR) is 77.1 cm³/mol. The third-order valence-electron chi connectivity index (χ3n) is 2.71. The summed E-state index contributed by atoms with van der Waals surface area (Å²) in [6, 6.07) is 0. The van der Waals surface area contributed by atoms with Crippen molar-refractivity contribution in [1.82, 2.24) is 9.80 Å². The molecule has 21 heavy (non-hydrogen) atoms. The first-order chi connectivity index (χ1) is 9.99. The minimum Gasteiger partial charge on any atom is -0.480 e. The van der Waals surface area contributed by atoms with E-state index >= 15 is 0 Å². The number of nitrogens with two attached hydrogens (primary N) is 2. The molecule has 0 atom stereocenters. The molecule has 6 N–H and O–H groups in total. The summed E-state index contributed by atoms with van der Waals surface area (Å²) in [5.74, 6) is -1.81. The smallest absolute Gasteiger partial charge is 0.317 e. The molecule has 124 valence electrons.